The minimum absolute atomic E-state index is 0.826. The van der Waals surface area contributed by atoms with E-state index in [1.54, 1.807) is 0 Å². The van der Waals surface area contributed by atoms with Crippen LogP contribution in [-0.4, -0.2) is 47.0 Å². The molecule has 1 aromatic heterocycles. The average molecular weight is 316 g/mol. The molecular weight excluding hydrogens is 292 g/mol. The number of rotatable bonds is 5. The van der Waals surface area contributed by atoms with Crippen molar-refractivity contribution in [3.8, 4) is 0 Å². The molecule has 5 heteroatoms. The topological polar surface area (TPSA) is 32.3 Å². The van der Waals surface area contributed by atoms with E-state index in [9.17, 15) is 0 Å². The molecule has 22 heavy (non-hydrogen) atoms. The maximum atomic E-state index is 4.74. The zero-order chi connectivity index (χ0) is 15.4. The quantitative estimate of drug-likeness (QED) is 0.849. The van der Waals surface area contributed by atoms with E-state index in [2.05, 4.69) is 52.3 Å². The molecule has 0 radical (unpaired) electrons. The second-order valence-electron chi connectivity index (χ2n) is 5.98. The minimum Gasteiger partial charge on any atom is -0.344 e. The number of hydrogen-bond donors (Lipinski definition) is 0. The summed E-state index contributed by atoms with van der Waals surface area (Å²) < 4.78 is 4.54. The summed E-state index contributed by atoms with van der Waals surface area (Å²) in [5.74, 6) is 0.944. The molecule has 0 aliphatic carbocycles. The van der Waals surface area contributed by atoms with Crippen LogP contribution in [0.1, 0.15) is 30.3 Å². The standard InChI is InChI=1S/C17H24N4S/c1-3-8-20-9-11-21(12-10-20)17-18-16(19-22-17)13-15-6-4-14(2)5-7-15/h4-7H,3,8-13H2,1-2H3. The Morgan fingerprint density at radius 2 is 1.82 bits per heavy atom. The summed E-state index contributed by atoms with van der Waals surface area (Å²) in [7, 11) is 0. The van der Waals surface area contributed by atoms with E-state index in [0.29, 0.717) is 0 Å². The Bertz CT molecular complexity index is 585. The summed E-state index contributed by atoms with van der Waals surface area (Å²) in [6.45, 7) is 9.98. The number of benzene rings is 1. The molecule has 0 N–H and O–H groups in total. The van der Waals surface area contributed by atoms with Crippen molar-refractivity contribution in [2.24, 2.45) is 0 Å². The molecule has 1 fully saturated rings. The van der Waals surface area contributed by atoms with Gasteiger partial charge in [0, 0.05) is 44.1 Å². The molecule has 0 atom stereocenters. The van der Waals surface area contributed by atoms with Gasteiger partial charge >= 0.3 is 0 Å². The van der Waals surface area contributed by atoms with Gasteiger partial charge in [-0.05, 0) is 25.5 Å². The monoisotopic (exact) mass is 316 g/mol. The summed E-state index contributed by atoms with van der Waals surface area (Å²) in [5.41, 5.74) is 2.57. The highest BCUT2D eigenvalue weighted by molar-refractivity contribution is 7.09. The minimum atomic E-state index is 0.826. The number of anilines is 1. The van der Waals surface area contributed by atoms with Gasteiger partial charge in [0.1, 0.15) is 5.82 Å². The van der Waals surface area contributed by atoms with E-state index in [1.165, 1.54) is 35.6 Å². The van der Waals surface area contributed by atoms with Crippen LogP contribution in [0.3, 0.4) is 0 Å². The van der Waals surface area contributed by atoms with E-state index < -0.39 is 0 Å². The normalized spacial score (nSPS) is 16.2. The predicted molar refractivity (Wildman–Crippen MR) is 92.8 cm³/mol. The number of aromatic nitrogens is 2. The van der Waals surface area contributed by atoms with Crippen molar-refractivity contribution >= 4 is 16.7 Å². The number of aryl methyl sites for hydroxylation is 1. The van der Waals surface area contributed by atoms with Crippen LogP contribution in [0, 0.1) is 6.92 Å². The maximum absolute atomic E-state index is 4.74. The van der Waals surface area contributed by atoms with E-state index in [4.69, 9.17) is 4.98 Å². The Morgan fingerprint density at radius 3 is 2.50 bits per heavy atom. The zero-order valence-corrected chi connectivity index (χ0v) is 14.3. The highest BCUT2D eigenvalue weighted by atomic mass is 32.1. The SMILES string of the molecule is CCCN1CCN(c2nc(Cc3ccc(C)cc3)ns2)CC1. The second kappa shape index (κ2) is 7.20. The second-order valence-corrected chi connectivity index (χ2v) is 6.71. The Kier molecular flexibility index (Phi) is 5.05. The molecule has 0 saturated carbocycles. The molecule has 1 aliphatic heterocycles. The Hall–Kier alpha value is -1.46. The van der Waals surface area contributed by atoms with Crippen LogP contribution >= 0.6 is 11.5 Å². The van der Waals surface area contributed by atoms with Crippen LogP contribution in [0.2, 0.25) is 0 Å². The van der Waals surface area contributed by atoms with Crippen LogP contribution in [0.4, 0.5) is 5.13 Å². The number of nitrogens with zero attached hydrogens (tertiary/aromatic N) is 4. The predicted octanol–water partition coefficient (Wildman–Crippen LogP) is 2.97. The molecule has 0 spiro atoms. The highest BCUT2D eigenvalue weighted by Gasteiger charge is 2.19. The van der Waals surface area contributed by atoms with Gasteiger partial charge in [-0.1, -0.05) is 36.8 Å². The summed E-state index contributed by atoms with van der Waals surface area (Å²) in [5, 5.41) is 1.08. The highest BCUT2D eigenvalue weighted by Crippen LogP contribution is 2.20. The first-order valence-electron chi connectivity index (χ1n) is 8.10. The maximum Gasteiger partial charge on any atom is 0.205 e. The van der Waals surface area contributed by atoms with Crippen molar-refractivity contribution in [2.45, 2.75) is 26.7 Å². The molecule has 1 saturated heterocycles. The van der Waals surface area contributed by atoms with Gasteiger partial charge in [0.15, 0.2) is 0 Å². The average Bonchev–Trinajstić information content (AvgIpc) is 2.99. The first-order chi connectivity index (χ1) is 10.7. The van der Waals surface area contributed by atoms with Gasteiger partial charge in [0.05, 0.1) is 0 Å². The van der Waals surface area contributed by atoms with Crippen molar-refractivity contribution in [2.75, 3.05) is 37.6 Å². The fourth-order valence-electron chi connectivity index (χ4n) is 2.81. The lowest BCUT2D eigenvalue weighted by atomic mass is 10.1. The Labute approximate surface area is 137 Å². The summed E-state index contributed by atoms with van der Waals surface area (Å²) >= 11 is 1.54. The first-order valence-corrected chi connectivity index (χ1v) is 8.87. The zero-order valence-electron chi connectivity index (χ0n) is 13.5. The Morgan fingerprint density at radius 1 is 1.09 bits per heavy atom. The van der Waals surface area contributed by atoms with Crippen molar-refractivity contribution < 1.29 is 0 Å². The number of piperazine rings is 1. The third-order valence-corrected chi connectivity index (χ3v) is 4.94. The van der Waals surface area contributed by atoms with Crippen LogP contribution in [0.15, 0.2) is 24.3 Å². The van der Waals surface area contributed by atoms with Crippen molar-refractivity contribution in [3.63, 3.8) is 0 Å². The molecule has 0 unspecified atom stereocenters. The van der Waals surface area contributed by atoms with Crippen molar-refractivity contribution in [3.05, 3.63) is 41.2 Å². The van der Waals surface area contributed by atoms with Crippen molar-refractivity contribution in [1.82, 2.24) is 14.3 Å². The van der Waals surface area contributed by atoms with E-state index in [1.807, 2.05) is 0 Å². The van der Waals surface area contributed by atoms with E-state index >= 15 is 0 Å². The third kappa shape index (κ3) is 3.84. The van der Waals surface area contributed by atoms with E-state index in [0.717, 1.165) is 43.6 Å². The van der Waals surface area contributed by atoms with Crippen LogP contribution in [-0.2, 0) is 6.42 Å². The molecule has 1 aromatic carbocycles. The molecule has 2 heterocycles. The lowest BCUT2D eigenvalue weighted by Crippen LogP contribution is -2.46. The molecule has 118 valence electrons. The fraction of sp³-hybridized carbons (Fsp3) is 0.529. The largest absolute Gasteiger partial charge is 0.344 e. The summed E-state index contributed by atoms with van der Waals surface area (Å²) in [6, 6.07) is 8.63. The molecule has 1 aliphatic rings. The van der Waals surface area contributed by atoms with Crippen LogP contribution < -0.4 is 4.90 Å². The Balaban J connectivity index is 1.58. The summed E-state index contributed by atoms with van der Waals surface area (Å²) in [6.07, 6.45) is 2.06. The van der Waals surface area contributed by atoms with Gasteiger partial charge in [-0.15, -0.1) is 0 Å². The van der Waals surface area contributed by atoms with Gasteiger partial charge in [0.2, 0.25) is 5.13 Å². The molecule has 0 bridgehead atoms. The van der Waals surface area contributed by atoms with Crippen LogP contribution in [0.5, 0.6) is 0 Å². The molecule has 0 amide bonds. The fourth-order valence-corrected chi connectivity index (χ4v) is 3.55. The van der Waals surface area contributed by atoms with Gasteiger partial charge < -0.3 is 4.90 Å². The van der Waals surface area contributed by atoms with Gasteiger partial charge in [-0.2, -0.15) is 4.37 Å². The lowest BCUT2D eigenvalue weighted by Gasteiger charge is -2.34. The van der Waals surface area contributed by atoms with Crippen LogP contribution in [0.25, 0.3) is 0 Å². The third-order valence-electron chi connectivity index (χ3n) is 4.12. The van der Waals surface area contributed by atoms with Crippen molar-refractivity contribution in [1.29, 1.82) is 0 Å². The molecule has 4 nitrogen and oxygen atoms in total. The molecule has 2 aromatic rings. The first kappa shape index (κ1) is 15.4. The lowest BCUT2D eigenvalue weighted by molar-refractivity contribution is 0.258. The van der Waals surface area contributed by atoms with Gasteiger partial charge in [0.25, 0.3) is 0 Å². The molecular formula is C17H24N4S. The van der Waals surface area contributed by atoms with Gasteiger partial charge in [-0.3, -0.25) is 4.90 Å². The number of hydrogen-bond acceptors (Lipinski definition) is 5. The molecule has 3 rings (SSSR count). The smallest absolute Gasteiger partial charge is 0.205 e. The van der Waals surface area contributed by atoms with E-state index in [-0.39, 0.29) is 0 Å². The summed E-state index contributed by atoms with van der Waals surface area (Å²) in [4.78, 5) is 9.65. The van der Waals surface area contributed by atoms with Gasteiger partial charge in [-0.25, -0.2) is 4.98 Å².